The van der Waals surface area contributed by atoms with Crippen LogP contribution in [0.1, 0.15) is 62.6 Å². The van der Waals surface area contributed by atoms with Crippen LogP contribution in [0.3, 0.4) is 0 Å². The Kier molecular flexibility index (Phi) is 12.3. The fraction of sp³-hybridized carbons (Fsp3) is 0.512. The van der Waals surface area contributed by atoms with Crippen LogP contribution < -0.4 is 19.9 Å². The molecule has 3 amide bonds. The van der Waals surface area contributed by atoms with Gasteiger partial charge < -0.3 is 38.9 Å². The maximum absolute atomic E-state index is 16.5. The molecule has 306 valence electrons. The van der Waals surface area contributed by atoms with Crippen LogP contribution in [0, 0.1) is 5.92 Å². The van der Waals surface area contributed by atoms with Gasteiger partial charge in [-0.05, 0) is 118 Å². The van der Waals surface area contributed by atoms with E-state index in [-0.39, 0.29) is 49.9 Å². The van der Waals surface area contributed by atoms with Gasteiger partial charge in [-0.1, -0.05) is 35.0 Å². The Labute approximate surface area is 343 Å². The number of carbonyl (C=O) groups is 3. The number of hydrogen-bond acceptors (Lipinski definition) is 8. The molecule has 0 saturated carbocycles. The number of halogens is 2. The molecule has 2 fully saturated rings. The van der Waals surface area contributed by atoms with Crippen LogP contribution in [-0.2, 0) is 37.7 Å². The molecule has 0 aliphatic carbocycles. The molecular formula is C43H54BrFN4O7Si. The number of aliphatic hydroxyl groups excluding tert-OH is 2. The molecular weight excluding hydrogens is 811 g/mol. The fourth-order valence-corrected chi connectivity index (χ4v) is 12.6. The van der Waals surface area contributed by atoms with Gasteiger partial charge in [0.25, 0.3) is 5.91 Å². The largest absolute Gasteiger partial charge is 0.494 e. The number of unbranched alkanes of at least 4 members (excludes halogenated alkanes) is 1. The minimum Gasteiger partial charge on any atom is -0.494 e. The Morgan fingerprint density at radius 1 is 1.09 bits per heavy atom. The molecule has 57 heavy (non-hydrogen) atoms. The Morgan fingerprint density at radius 3 is 2.61 bits per heavy atom. The Bertz CT molecular complexity index is 2000. The Hall–Kier alpha value is -3.66. The highest BCUT2D eigenvalue weighted by Gasteiger charge is 2.67. The first kappa shape index (κ1) is 41.5. The lowest BCUT2D eigenvalue weighted by Gasteiger charge is -2.35. The molecule has 6 atom stereocenters. The maximum atomic E-state index is 16.5. The van der Waals surface area contributed by atoms with Crippen molar-refractivity contribution in [1.82, 2.24) is 10.2 Å². The SMILES string of the molecule is CCOc1ccc2c(c1)CC(NCCCCO)C(=O)N2c1cccc(CN2C(=O)[C@]3(O[C@H](CC(=O)N4CCC[C@H]4CO)[C@@H]([Si](C)(C)F)[C@@H]3C)c3cc(Br)ccc32)c1. The van der Waals surface area contributed by atoms with Gasteiger partial charge in [-0.15, -0.1) is 0 Å². The Morgan fingerprint density at radius 2 is 1.88 bits per heavy atom. The number of carbonyl (C=O) groups excluding carboxylic acids is 3. The minimum absolute atomic E-state index is 0.0685. The van der Waals surface area contributed by atoms with Crippen LogP contribution in [0.25, 0.3) is 0 Å². The van der Waals surface area contributed by atoms with Crippen molar-refractivity contribution in [3.8, 4) is 5.75 Å². The van der Waals surface area contributed by atoms with E-state index in [0.717, 1.165) is 39.9 Å². The molecule has 4 heterocycles. The van der Waals surface area contributed by atoms with Gasteiger partial charge in [0.05, 0.1) is 55.7 Å². The molecule has 1 spiro atoms. The molecule has 0 bridgehead atoms. The lowest BCUT2D eigenvalue weighted by atomic mass is 9.82. The zero-order valence-corrected chi connectivity index (χ0v) is 35.8. The molecule has 14 heteroatoms. The van der Waals surface area contributed by atoms with Crippen LogP contribution in [0.4, 0.5) is 21.2 Å². The molecule has 7 rings (SSSR count). The number of anilines is 3. The van der Waals surface area contributed by atoms with Crippen molar-refractivity contribution in [2.75, 3.05) is 42.7 Å². The molecule has 4 aliphatic heterocycles. The van der Waals surface area contributed by atoms with Gasteiger partial charge in [-0.2, -0.15) is 0 Å². The topological polar surface area (TPSA) is 132 Å². The van der Waals surface area contributed by atoms with Gasteiger partial charge in [0.2, 0.25) is 20.2 Å². The summed E-state index contributed by atoms with van der Waals surface area (Å²) in [6.45, 7) is 8.82. The van der Waals surface area contributed by atoms with Gasteiger partial charge in [0, 0.05) is 40.3 Å². The second-order valence-corrected chi connectivity index (χ2v) is 21.0. The number of fused-ring (bicyclic) bond motifs is 3. The standard InChI is InChI=1S/C43H54BrFN4O7Si/c1-5-55-33-14-16-36-29(21-33)22-35(46-17-6-7-19-50)41(53)49(36)31-11-8-10-28(20-31)25-48-37-15-13-30(44)23-34(37)43(42(48)54)27(2)40(57(3,4)45)38(56-43)24-39(52)47-18-9-12-32(47)26-51/h8,10-11,13-16,20-21,23,27,32,35,38,40,46,50-51H,5-7,9,12,17-19,22,24-26H2,1-4H3/t27-,32-,35?,38+,40-,43+/m0/s1. The summed E-state index contributed by atoms with van der Waals surface area (Å²) in [5.41, 5.74) is 2.29. The predicted molar refractivity (Wildman–Crippen MR) is 223 cm³/mol. The third kappa shape index (κ3) is 7.81. The molecule has 3 aromatic carbocycles. The zero-order valence-electron chi connectivity index (χ0n) is 33.2. The summed E-state index contributed by atoms with van der Waals surface area (Å²) in [4.78, 5) is 48.2. The highest BCUT2D eigenvalue weighted by Crippen LogP contribution is 2.60. The van der Waals surface area contributed by atoms with Crippen LogP contribution >= 0.6 is 15.9 Å². The smallest absolute Gasteiger partial charge is 0.264 e. The summed E-state index contributed by atoms with van der Waals surface area (Å²) in [5, 5.41) is 22.6. The third-order valence-electron chi connectivity index (χ3n) is 12.2. The fourth-order valence-electron chi connectivity index (χ4n) is 9.72. The zero-order chi connectivity index (χ0) is 40.6. The van der Waals surface area contributed by atoms with Crippen molar-refractivity contribution < 1.29 is 38.2 Å². The van der Waals surface area contributed by atoms with Gasteiger partial charge >= 0.3 is 0 Å². The first-order valence-electron chi connectivity index (χ1n) is 20.2. The van der Waals surface area contributed by atoms with Crippen LogP contribution in [0.5, 0.6) is 5.75 Å². The van der Waals surface area contributed by atoms with Crippen molar-refractivity contribution in [2.45, 2.75) is 101 Å². The number of aliphatic hydroxyl groups is 2. The van der Waals surface area contributed by atoms with Crippen molar-refractivity contribution >= 4 is 59.1 Å². The number of amides is 3. The second kappa shape index (κ2) is 16.9. The maximum Gasteiger partial charge on any atom is 0.264 e. The average Bonchev–Trinajstić information content (AvgIpc) is 3.84. The lowest BCUT2D eigenvalue weighted by molar-refractivity contribution is -0.150. The van der Waals surface area contributed by atoms with E-state index in [1.807, 2.05) is 74.5 Å². The number of hydrogen-bond donors (Lipinski definition) is 3. The van der Waals surface area contributed by atoms with E-state index < -0.39 is 37.6 Å². The molecule has 11 nitrogen and oxygen atoms in total. The molecule has 3 N–H and O–H groups in total. The summed E-state index contributed by atoms with van der Waals surface area (Å²) in [7, 11) is -3.51. The number of ether oxygens (including phenoxy) is 2. The van der Waals surface area contributed by atoms with E-state index in [0.29, 0.717) is 55.9 Å². The summed E-state index contributed by atoms with van der Waals surface area (Å²) >= 11 is 3.61. The minimum atomic E-state index is -3.51. The predicted octanol–water partition coefficient (Wildman–Crippen LogP) is 6.49. The first-order chi connectivity index (χ1) is 27.3. The lowest BCUT2D eigenvalue weighted by Crippen LogP contribution is -2.49. The molecule has 4 aliphatic rings. The molecule has 3 aromatic rings. The van der Waals surface area contributed by atoms with E-state index in [1.165, 1.54) is 0 Å². The van der Waals surface area contributed by atoms with Gasteiger partial charge in [0.1, 0.15) is 5.75 Å². The number of rotatable bonds is 14. The van der Waals surface area contributed by atoms with Gasteiger partial charge in [0.15, 0.2) is 5.60 Å². The number of nitrogens with zero attached hydrogens (tertiary/aromatic N) is 3. The third-order valence-corrected chi connectivity index (χ3v) is 15.2. The quantitative estimate of drug-likeness (QED) is 0.0953. The van der Waals surface area contributed by atoms with Crippen LogP contribution in [-0.4, -0.2) is 92.3 Å². The van der Waals surface area contributed by atoms with Gasteiger partial charge in [-0.3, -0.25) is 19.3 Å². The highest BCUT2D eigenvalue weighted by atomic mass is 79.9. The first-order valence-corrected chi connectivity index (χ1v) is 24.0. The van der Waals surface area contributed by atoms with Crippen molar-refractivity contribution in [3.63, 3.8) is 0 Å². The van der Waals surface area contributed by atoms with Crippen molar-refractivity contribution in [3.05, 3.63) is 81.8 Å². The van der Waals surface area contributed by atoms with E-state index in [9.17, 15) is 19.8 Å². The summed E-state index contributed by atoms with van der Waals surface area (Å²) < 4.78 is 29.9. The number of likely N-dealkylation sites (tertiary alicyclic amines) is 1. The highest BCUT2D eigenvalue weighted by molar-refractivity contribution is 9.10. The monoisotopic (exact) mass is 864 g/mol. The van der Waals surface area contributed by atoms with E-state index in [2.05, 4.69) is 21.2 Å². The summed E-state index contributed by atoms with van der Waals surface area (Å²) in [5.74, 6) is -0.445. The molecule has 0 radical (unpaired) electrons. The molecule has 2 saturated heterocycles. The van der Waals surface area contributed by atoms with Crippen molar-refractivity contribution in [1.29, 1.82) is 0 Å². The number of nitrogens with one attached hydrogen (secondary N) is 1. The van der Waals surface area contributed by atoms with Crippen molar-refractivity contribution in [2.24, 2.45) is 5.92 Å². The van der Waals surface area contributed by atoms with Gasteiger partial charge in [-0.25, -0.2) is 0 Å². The second-order valence-electron chi connectivity index (χ2n) is 16.3. The normalized spacial score (nSPS) is 25.8. The Balaban J connectivity index is 1.21. The van der Waals surface area contributed by atoms with E-state index >= 15 is 8.90 Å². The van der Waals surface area contributed by atoms with Crippen LogP contribution in [0.15, 0.2) is 65.1 Å². The van der Waals surface area contributed by atoms with Crippen LogP contribution in [0.2, 0.25) is 18.6 Å². The molecule has 0 aromatic heterocycles. The molecule has 1 unspecified atom stereocenters. The van der Waals surface area contributed by atoms with E-state index in [4.69, 9.17) is 9.47 Å². The average molecular weight is 866 g/mol. The summed E-state index contributed by atoms with van der Waals surface area (Å²) in [6.07, 6.45) is 2.48. The van der Waals surface area contributed by atoms with E-state index in [1.54, 1.807) is 27.8 Å². The number of benzene rings is 3. The summed E-state index contributed by atoms with van der Waals surface area (Å²) in [6, 6.07) is 18.3.